The molecule has 1 aromatic carbocycles. The van der Waals surface area contributed by atoms with Gasteiger partial charge in [-0.25, -0.2) is 0 Å². The molecule has 0 aliphatic carbocycles. The van der Waals surface area contributed by atoms with Gasteiger partial charge >= 0.3 is 0 Å². The topological polar surface area (TPSA) is 41.1 Å². The van der Waals surface area contributed by atoms with E-state index in [1.165, 1.54) is 11.1 Å². The van der Waals surface area contributed by atoms with Gasteiger partial charge < -0.3 is 10.6 Å². The quantitative estimate of drug-likeness (QED) is 0.804. The molecule has 1 aliphatic heterocycles. The van der Waals surface area contributed by atoms with Crippen molar-refractivity contribution in [2.75, 3.05) is 6.54 Å². The Bertz CT molecular complexity index is 370. The number of carbonyl (C=O) groups is 1. The van der Waals surface area contributed by atoms with Gasteiger partial charge in [-0.05, 0) is 37.4 Å². The molecule has 1 aliphatic rings. The van der Waals surface area contributed by atoms with Gasteiger partial charge in [0.15, 0.2) is 0 Å². The highest BCUT2D eigenvalue weighted by Gasteiger charge is 2.21. The van der Waals surface area contributed by atoms with Crippen molar-refractivity contribution in [3.63, 3.8) is 0 Å². The number of benzene rings is 1. The highest BCUT2D eigenvalue weighted by molar-refractivity contribution is 5.82. The Morgan fingerprint density at radius 3 is 3.00 bits per heavy atom. The zero-order chi connectivity index (χ0) is 11.4. The Labute approximate surface area is 96.2 Å². The molecule has 1 heterocycles. The molecule has 0 saturated carbocycles. The zero-order valence-corrected chi connectivity index (χ0v) is 9.62. The Hall–Kier alpha value is -1.35. The van der Waals surface area contributed by atoms with Crippen LogP contribution >= 0.6 is 0 Å². The number of rotatable bonds is 3. The van der Waals surface area contributed by atoms with E-state index in [0.29, 0.717) is 6.54 Å². The maximum Gasteiger partial charge on any atom is 0.237 e. The van der Waals surface area contributed by atoms with Crippen molar-refractivity contribution in [1.82, 2.24) is 10.6 Å². The van der Waals surface area contributed by atoms with Crippen LogP contribution in [0.1, 0.15) is 24.0 Å². The second-order valence-electron chi connectivity index (χ2n) is 4.29. The molecule has 1 amide bonds. The normalized spacial score (nSPS) is 19.7. The summed E-state index contributed by atoms with van der Waals surface area (Å²) in [5, 5.41) is 6.18. The first kappa shape index (κ1) is 11.1. The van der Waals surface area contributed by atoms with Gasteiger partial charge in [0.1, 0.15) is 0 Å². The SMILES string of the molecule is Cc1ccccc1CNC(=O)C1CCCN1. The van der Waals surface area contributed by atoms with Crippen LogP contribution in [0.3, 0.4) is 0 Å². The van der Waals surface area contributed by atoms with Crippen LogP contribution in [0.2, 0.25) is 0 Å². The van der Waals surface area contributed by atoms with Crippen molar-refractivity contribution >= 4 is 5.91 Å². The zero-order valence-electron chi connectivity index (χ0n) is 9.62. The fourth-order valence-corrected chi connectivity index (χ4v) is 2.02. The molecule has 0 spiro atoms. The highest BCUT2D eigenvalue weighted by atomic mass is 16.2. The van der Waals surface area contributed by atoms with Crippen LogP contribution in [-0.4, -0.2) is 18.5 Å². The second-order valence-corrected chi connectivity index (χ2v) is 4.29. The molecule has 1 fully saturated rings. The van der Waals surface area contributed by atoms with Gasteiger partial charge in [-0.15, -0.1) is 0 Å². The molecule has 1 unspecified atom stereocenters. The van der Waals surface area contributed by atoms with Crippen LogP contribution in [-0.2, 0) is 11.3 Å². The maximum absolute atomic E-state index is 11.8. The molecule has 86 valence electrons. The molecule has 1 atom stereocenters. The van der Waals surface area contributed by atoms with Crippen LogP contribution in [0, 0.1) is 6.92 Å². The Morgan fingerprint density at radius 1 is 1.50 bits per heavy atom. The molecule has 0 bridgehead atoms. The van der Waals surface area contributed by atoms with Crippen LogP contribution in [0.25, 0.3) is 0 Å². The molecule has 0 aromatic heterocycles. The molecule has 0 radical (unpaired) electrons. The molecule has 16 heavy (non-hydrogen) atoms. The minimum absolute atomic E-state index is 0.0176. The van der Waals surface area contributed by atoms with Gasteiger partial charge in [-0.2, -0.15) is 0 Å². The van der Waals surface area contributed by atoms with E-state index in [1.54, 1.807) is 0 Å². The minimum atomic E-state index is 0.0176. The van der Waals surface area contributed by atoms with Crippen molar-refractivity contribution in [2.45, 2.75) is 32.4 Å². The molecule has 3 heteroatoms. The van der Waals surface area contributed by atoms with Crippen LogP contribution in [0.5, 0.6) is 0 Å². The molecular weight excluding hydrogens is 200 g/mol. The maximum atomic E-state index is 11.8. The number of carbonyl (C=O) groups excluding carboxylic acids is 1. The van der Waals surface area contributed by atoms with Crippen molar-refractivity contribution in [1.29, 1.82) is 0 Å². The molecule has 3 nitrogen and oxygen atoms in total. The molecule has 2 N–H and O–H groups in total. The first-order valence-electron chi connectivity index (χ1n) is 5.83. The predicted octanol–water partition coefficient (Wildman–Crippen LogP) is 1.36. The lowest BCUT2D eigenvalue weighted by molar-refractivity contribution is -0.122. The van der Waals surface area contributed by atoms with Gasteiger partial charge in [0.25, 0.3) is 0 Å². The molecule has 2 rings (SSSR count). The number of nitrogens with one attached hydrogen (secondary N) is 2. The van der Waals surface area contributed by atoms with Gasteiger partial charge in [0.05, 0.1) is 6.04 Å². The summed E-state index contributed by atoms with van der Waals surface area (Å²) in [5.74, 6) is 0.126. The first-order valence-corrected chi connectivity index (χ1v) is 5.83. The largest absolute Gasteiger partial charge is 0.351 e. The fourth-order valence-electron chi connectivity index (χ4n) is 2.02. The van der Waals surface area contributed by atoms with Crippen molar-refractivity contribution in [3.05, 3.63) is 35.4 Å². The predicted molar refractivity (Wildman–Crippen MR) is 64.1 cm³/mol. The average molecular weight is 218 g/mol. The number of hydrogen-bond donors (Lipinski definition) is 2. The van der Waals surface area contributed by atoms with Crippen LogP contribution in [0.15, 0.2) is 24.3 Å². The van der Waals surface area contributed by atoms with E-state index in [-0.39, 0.29) is 11.9 Å². The number of aryl methyl sites for hydroxylation is 1. The summed E-state index contributed by atoms with van der Waals surface area (Å²) in [6.45, 7) is 3.65. The van der Waals surface area contributed by atoms with Crippen LogP contribution < -0.4 is 10.6 Å². The van der Waals surface area contributed by atoms with Crippen molar-refractivity contribution in [3.8, 4) is 0 Å². The summed E-state index contributed by atoms with van der Waals surface area (Å²) in [5.41, 5.74) is 2.41. The molecule has 1 aromatic rings. The lowest BCUT2D eigenvalue weighted by atomic mass is 10.1. The third kappa shape index (κ3) is 2.61. The minimum Gasteiger partial charge on any atom is -0.351 e. The molecule has 1 saturated heterocycles. The monoisotopic (exact) mass is 218 g/mol. The smallest absolute Gasteiger partial charge is 0.237 e. The Morgan fingerprint density at radius 2 is 2.31 bits per heavy atom. The summed E-state index contributed by atoms with van der Waals surface area (Å²) in [6.07, 6.45) is 2.06. The van der Waals surface area contributed by atoms with E-state index >= 15 is 0 Å². The number of hydrogen-bond acceptors (Lipinski definition) is 2. The Kier molecular flexibility index (Phi) is 3.57. The average Bonchev–Trinajstić information content (AvgIpc) is 2.81. The van der Waals surface area contributed by atoms with E-state index in [9.17, 15) is 4.79 Å². The third-order valence-electron chi connectivity index (χ3n) is 3.09. The van der Waals surface area contributed by atoms with Gasteiger partial charge in [0.2, 0.25) is 5.91 Å². The second kappa shape index (κ2) is 5.12. The van der Waals surface area contributed by atoms with Crippen molar-refractivity contribution in [2.24, 2.45) is 0 Å². The van der Waals surface area contributed by atoms with E-state index < -0.39 is 0 Å². The summed E-state index contributed by atoms with van der Waals surface area (Å²) < 4.78 is 0. The third-order valence-corrected chi connectivity index (χ3v) is 3.09. The van der Waals surface area contributed by atoms with Crippen LogP contribution in [0.4, 0.5) is 0 Å². The van der Waals surface area contributed by atoms with Gasteiger partial charge in [0, 0.05) is 6.54 Å². The van der Waals surface area contributed by atoms with Gasteiger partial charge in [-0.1, -0.05) is 24.3 Å². The van der Waals surface area contributed by atoms with Gasteiger partial charge in [-0.3, -0.25) is 4.79 Å². The fraction of sp³-hybridized carbons (Fsp3) is 0.462. The summed E-state index contributed by atoms with van der Waals surface area (Å²) in [7, 11) is 0. The van der Waals surface area contributed by atoms with E-state index in [1.807, 2.05) is 12.1 Å². The van der Waals surface area contributed by atoms with E-state index in [4.69, 9.17) is 0 Å². The number of amides is 1. The van der Waals surface area contributed by atoms with Crippen molar-refractivity contribution < 1.29 is 4.79 Å². The Balaban J connectivity index is 1.87. The summed E-state index contributed by atoms with van der Waals surface area (Å²) in [6, 6.07) is 8.15. The lowest BCUT2D eigenvalue weighted by Crippen LogP contribution is -2.40. The standard InChI is InChI=1S/C13H18N2O/c1-10-5-2-3-6-11(10)9-15-13(16)12-7-4-8-14-12/h2-3,5-6,12,14H,4,7-9H2,1H3,(H,15,16). The van der Waals surface area contributed by atoms with E-state index in [2.05, 4.69) is 29.7 Å². The summed E-state index contributed by atoms with van der Waals surface area (Å²) >= 11 is 0. The molecular formula is C13H18N2O. The summed E-state index contributed by atoms with van der Waals surface area (Å²) in [4.78, 5) is 11.8. The van der Waals surface area contributed by atoms with E-state index in [0.717, 1.165) is 19.4 Å². The first-order chi connectivity index (χ1) is 7.77. The highest BCUT2D eigenvalue weighted by Crippen LogP contribution is 2.08. The lowest BCUT2D eigenvalue weighted by Gasteiger charge is -2.12.